The Balaban J connectivity index is 2.27. The summed E-state index contributed by atoms with van der Waals surface area (Å²) in [7, 11) is 0. The fourth-order valence-electron chi connectivity index (χ4n) is 1.84. The molecule has 1 aromatic carbocycles. The number of fused-ring (bicyclic) bond motifs is 1. The second kappa shape index (κ2) is 6.12. The highest BCUT2D eigenvalue weighted by atomic mass is 79.9. The first kappa shape index (κ1) is 14.0. The Morgan fingerprint density at radius 3 is 2.74 bits per heavy atom. The number of para-hydroxylation sites is 1. The molecule has 19 heavy (non-hydrogen) atoms. The lowest BCUT2D eigenvalue weighted by atomic mass is 9.99. The van der Waals surface area contributed by atoms with Crippen LogP contribution in [0.1, 0.15) is 19.6 Å². The molecular weight excluding hydrogens is 306 g/mol. The van der Waals surface area contributed by atoms with Gasteiger partial charge in [0.05, 0.1) is 12.0 Å². The number of furan rings is 1. The van der Waals surface area contributed by atoms with E-state index in [1.165, 1.54) is 0 Å². The van der Waals surface area contributed by atoms with Crippen LogP contribution in [0.5, 0.6) is 5.75 Å². The standard InChI is InChI=1S/C15H16BrNO2/c1-10(2)11(7-16)9-18-15-12-5-3-4-6-13(12)19-14(15)8-17/h3-6,10-11H,7,9H2,1-2H3. The molecule has 0 saturated carbocycles. The highest BCUT2D eigenvalue weighted by Gasteiger charge is 2.18. The van der Waals surface area contributed by atoms with Crippen LogP contribution < -0.4 is 4.74 Å². The van der Waals surface area contributed by atoms with Crippen LogP contribution in [-0.4, -0.2) is 11.9 Å². The molecule has 2 aromatic rings. The molecule has 0 spiro atoms. The maximum atomic E-state index is 9.12. The van der Waals surface area contributed by atoms with E-state index in [2.05, 4.69) is 35.8 Å². The third kappa shape index (κ3) is 2.93. The molecule has 0 fully saturated rings. The smallest absolute Gasteiger partial charge is 0.246 e. The number of nitriles is 1. The van der Waals surface area contributed by atoms with Gasteiger partial charge in [-0.25, -0.2) is 0 Å². The van der Waals surface area contributed by atoms with Gasteiger partial charge in [-0.2, -0.15) is 5.26 Å². The molecule has 0 amide bonds. The Morgan fingerprint density at radius 1 is 1.37 bits per heavy atom. The predicted molar refractivity (Wildman–Crippen MR) is 78.5 cm³/mol. The van der Waals surface area contributed by atoms with Crippen LogP contribution in [-0.2, 0) is 0 Å². The van der Waals surface area contributed by atoms with E-state index in [0.717, 1.165) is 10.7 Å². The summed E-state index contributed by atoms with van der Waals surface area (Å²) in [5.74, 6) is 1.73. The number of nitrogens with zero attached hydrogens (tertiary/aromatic N) is 1. The van der Waals surface area contributed by atoms with Gasteiger partial charge >= 0.3 is 0 Å². The number of halogens is 1. The van der Waals surface area contributed by atoms with Crippen molar-refractivity contribution in [1.29, 1.82) is 5.26 Å². The van der Waals surface area contributed by atoms with Gasteiger partial charge in [0.1, 0.15) is 11.7 Å². The Labute approximate surface area is 121 Å². The van der Waals surface area contributed by atoms with Crippen LogP contribution in [0.3, 0.4) is 0 Å². The van der Waals surface area contributed by atoms with Crippen LogP contribution in [0.4, 0.5) is 0 Å². The molecule has 0 radical (unpaired) electrons. The van der Waals surface area contributed by atoms with Gasteiger partial charge in [-0.3, -0.25) is 0 Å². The number of benzene rings is 1. The monoisotopic (exact) mass is 321 g/mol. The van der Waals surface area contributed by atoms with Crippen LogP contribution in [0.15, 0.2) is 28.7 Å². The zero-order valence-electron chi connectivity index (χ0n) is 11.0. The molecule has 0 aliphatic rings. The van der Waals surface area contributed by atoms with E-state index < -0.39 is 0 Å². The van der Waals surface area contributed by atoms with E-state index in [4.69, 9.17) is 14.4 Å². The molecule has 0 bridgehead atoms. The van der Waals surface area contributed by atoms with Gasteiger partial charge < -0.3 is 9.15 Å². The second-order valence-corrected chi connectivity index (χ2v) is 5.49. The first-order chi connectivity index (χ1) is 9.17. The van der Waals surface area contributed by atoms with Crippen LogP contribution in [0, 0.1) is 23.2 Å². The normalized spacial score (nSPS) is 12.6. The molecule has 0 aliphatic heterocycles. The fraction of sp³-hybridized carbons (Fsp3) is 0.400. The summed E-state index contributed by atoms with van der Waals surface area (Å²) in [5.41, 5.74) is 0.689. The first-order valence-corrected chi connectivity index (χ1v) is 7.40. The molecule has 1 heterocycles. The van der Waals surface area contributed by atoms with E-state index in [-0.39, 0.29) is 5.76 Å². The van der Waals surface area contributed by atoms with Gasteiger partial charge in [0.2, 0.25) is 5.76 Å². The Bertz CT molecular complexity index is 598. The van der Waals surface area contributed by atoms with Gasteiger partial charge in [-0.1, -0.05) is 41.9 Å². The summed E-state index contributed by atoms with van der Waals surface area (Å²) in [6, 6.07) is 9.60. The molecule has 0 N–H and O–H groups in total. The fourth-order valence-corrected chi connectivity index (χ4v) is 2.78. The topological polar surface area (TPSA) is 46.2 Å². The zero-order chi connectivity index (χ0) is 13.8. The van der Waals surface area contributed by atoms with Crippen molar-refractivity contribution >= 4 is 26.9 Å². The summed E-state index contributed by atoms with van der Waals surface area (Å²) in [4.78, 5) is 0. The highest BCUT2D eigenvalue weighted by molar-refractivity contribution is 9.09. The number of hydrogen-bond acceptors (Lipinski definition) is 3. The lowest BCUT2D eigenvalue weighted by Crippen LogP contribution is -2.19. The summed E-state index contributed by atoms with van der Waals surface area (Å²) < 4.78 is 11.3. The number of rotatable bonds is 5. The van der Waals surface area contributed by atoms with Gasteiger partial charge in [0.25, 0.3) is 0 Å². The van der Waals surface area contributed by atoms with Gasteiger partial charge in [0, 0.05) is 11.2 Å². The van der Waals surface area contributed by atoms with Crippen molar-refractivity contribution in [2.75, 3.05) is 11.9 Å². The predicted octanol–water partition coefficient (Wildman–Crippen LogP) is 4.35. The summed E-state index contributed by atoms with van der Waals surface area (Å²) in [5, 5.41) is 10.9. The van der Waals surface area contributed by atoms with Crippen molar-refractivity contribution in [2.45, 2.75) is 13.8 Å². The van der Waals surface area contributed by atoms with E-state index >= 15 is 0 Å². The SMILES string of the molecule is CC(C)C(CBr)COc1c(C#N)oc2ccccc12. The molecule has 4 heteroatoms. The molecule has 2 rings (SSSR count). The van der Waals surface area contributed by atoms with Gasteiger partial charge in [-0.15, -0.1) is 0 Å². The highest BCUT2D eigenvalue weighted by Crippen LogP contribution is 2.33. The van der Waals surface area contributed by atoms with E-state index in [9.17, 15) is 0 Å². The zero-order valence-corrected chi connectivity index (χ0v) is 12.6. The van der Waals surface area contributed by atoms with Crippen molar-refractivity contribution in [3.05, 3.63) is 30.0 Å². The summed E-state index contributed by atoms with van der Waals surface area (Å²) >= 11 is 3.50. The quantitative estimate of drug-likeness (QED) is 0.769. The minimum Gasteiger partial charge on any atom is -0.488 e. The molecule has 1 atom stereocenters. The Morgan fingerprint density at radius 2 is 2.11 bits per heavy atom. The minimum absolute atomic E-state index is 0.248. The maximum absolute atomic E-state index is 9.12. The summed E-state index contributed by atoms with van der Waals surface area (Å²) in [6.45, 7) is 4.89. The maximum Gasteiger partial charge on any atom is 0.246 e. The Hall–Kier alpha value is -1.47. The van der Waals surface area contributed by atoms with Crippen molar-refractivity contribution < 1.29 is 9.15 Å². The van der Waals surface area contributed by atoms with Crippen LogP contribution in [0.2, 0.25) is 0 Å². The molecule has 1 unspecified atom stereocenters. The molecular formula is C15H16BrNO2. The lowest BCUT2D eigenvalue weighted by Gasteiger charge is -2.18. The Kier molecular flexibility index (Phi) is 4.49. The minimum atomic E-state index is 0.248. The average Bonchev–Trinajstić information content (AvgIpc) is 2.77. The van der Waals surface area contributed by atoms with Gasteiger partial charge in [0.15, 0.2) is 5.75 Å². The average molecular weight is 322 g/mol. The van der Waals surface area contributed by atoms with Crippen molar-refractivity contribution in [3.8, 4) is 11.8 Å². The van der Waals surface area contributed by atoms with Crippen LogP contribution in [0.25, 0.3) is 11.0 Å². The van der Waals surface area contributed by atoms with Crippen molar-refractivity contribution in [1.82, 2.24) is 0 Å². The van der Waals surface area contributed by atoms with Gasteiger partial charge in [-0.05, 0) is 18.1 Å². The van der Waals surface area contributed by atoms with E-state index in [0.29, 0.717) is 29.8 Å². The largest absolute Gasteiger partial charge is 0.488 e. The van der Waals surface area contributed by atoms with Crippen molar-refractivity contribution in [3.63, 3.8) is 0 Å². The van der Waals surface area contributed by atoms with Crippen LogP contribution >= 0.6 is 15.9 Å². The van der Waals surface area contributed by atoms with E-state index in [1.54, 1.807) is 0 Å². The number of alkyl halides is 1. The van der Waals surface area contributed by atoms with Crippen molar-refractivity contribution in [2.24, 2.45) is 11.8 Å². The van der Waals surface area contributed by atoms with E-state index in [1.807, 2.05) is 24.3 Å². The molecule has 100 valence electrons. The third-order valence-corrected chi connectivity index (χ3v) is 4.07. The molecule has 3 nitrogen and oxygen atoms in total. The first-order valence-electron chi connectivity index (χ1n) is 6.27. The lowest BCUT2D eigenvalue weighted by molar-refractivity contribution is 0.227. The number of ether oxygens (including phenoxy) is 1. The second-order valence-electron chi connectivity index (χ2n) is 4.84. The summed E-state index contributed by atoms with van der Waals surface area (Å²) in [6.07, 6.45) is 0. The molecule has 0 aliphatic carbocycles. The third-order valence-electron chi connectivity index (χ3n) is 3.23. The molecule has 1 aromatic heterocycles. The molecule has 0 saturated heterocycles. The number of hydrogen-bond donors (Lipinski definition) is 0.